The summed E-state index contributed by atoms with van der Waals surface area (Å²) in [6.07, 6.45) is 0.551. The monoisotopic (exact) mass is 311 g/mol. The van der Waals surface area contributed by atoms with Crippen molar-refractivity contribution in [3.8, 4) is 10.4 Å². The minimum absolute atomic E-state index is 0.238. The molecule has 2 rings (SSSR count). The maximum atomic E-state index is 13.4. The molecule has 2 aromatic rings. The minimum atomic E-state index is -0.670. The van der Waals surface area contributed by atoms with E-state index in [0.717, 1.165) is 17.4 Å². The van der Waals surface area contributed by atoms with Gasteiger partial charge in [-0.25, -0.2) is 13.6 Å². The molecule has 0 fully saturated rings. The van der Waals surface area contributed by atoms with E-state index in [-0.39, 0.29) is 11.5 Å². The zero-order valence-corrected chi connectivity index (χ0v) is 12.5. The molecule has 0 saturated carbocycles. The maximum absolute atomic E-state index is 13.4. The van der Waals surface area contributed by atoms with E-state index in [1.165, 1.54) is 12.1 Å². The van der Waals surface area contributed by atoms with Crippen LogP contribution < -0.4 is 5.73 Å². The minimum Gasteiger partial charge on any atom is -0.462 e. The van der Waals surface area contributed by atoms with Crippen molar-refractivity contribution in [1.82, 2.24) is 0 Å². The molecular weight excluding hydrogens is 296 g/mol. The predicted octanol–water partition coefficient (Wildman–Crippen LogP) is 4.01. The second-order valence-corrected chi connectivity index (χ2v) is 5.41. The van der Waals surface area contributed by atoms with E-state index in [9.17, 15) is 13.6 Å². The molecule has 1 aromatic carbocycles. The molecule has 0 aliphatic heterocycles. The van der Waals surface area contributed by atoms with Crippen molar-refractivity contribution >= 4 is 23.0 Å². The number of nitrogen functional groups attached to an aromatic ring is 1. The first-order valence-electron chi connectivity index (χ1n) is 6.52. The number of ether oxygens (including phenoxy) is 1. The fourth-order valence-corrected chi connectivity index (χ4v) is 3.29. The summed E-state index contributed by atoms with van der Waals surface area (Å²) in [6, 6.07) is 3.25. The van der Waals surface area contributed by atoms with Crippen molar-refractivity contribution in [3.63, 3.8) is 0 Å². The van der Waals surface area contributed by atoms with Crippen LogP contribution in [-0.4, -0.2) is 12.6 Å². The SMILES string of the molecule is CCOC(=O)c1sc(-c2cc(F)cc(F)c2)c(CC)c1N. The summed E-state index contributed by atoms with van der Waals surface area (Å²) < 4.78 is 31.7. The van der Waals surface area contributed by atoms with Gasteiger partial charge in [-0.2, -0.15) is 0 Å². The quantitative estimate of drug-likeness (QED) is 0.868. The number of thiophene rings is 1. The molecule has 0 amide bonds. The van der Waals surface area contributed by atoms with Crippen LogP contribution in [0.3, 0.4) is 0 Å². The van der Waals surface area contributed by atoms with Crippen molar-refractivity contribution in [3.05, 3.63) is 40.3 Å². The molecule has 112 valence electrons. The highest BCUT2D eigenvalue weighted by Crippen LogP contribution is 2.39. The number of halogens is 2. The molecule has 0 saturated heterocycles. The van der Waals surface area contributed by atoms with Crippen molar-refractivity contribution in [2.75, 3.05) is 12.3 Å². The Kier molecular flexibility index (Phi) is 4.57. The van der Waals surface area contributed by atoms with E-state index in [1.807, 2.05) is 6.92 Å². The summed E-state index contributed by atoms with van der Waals surface area (Å²) in [6.45, 7) is 3.80. The van der Waals surface area contributed by atoms with Crippen LogP contribution in [0.5, 0.6) is 0 Å². The second kappa shape index (κ2) is 6.22. The van der Waals surface area contributed by atoms with Gasteiger partial charge < -0.3 is 10.5 Å². The van der Waals surface area contributed by atoms with Crippen molar-refractivity contribution in [2.24, 2.45) is 0 Å². The van der Waals surface area contributed by atoms with Crippen LogP contribution >= 0.6 is 11.3 Å². The number of hydrogen-bond acceptors (Lipinski definition) is 4. The highest BCUT2D eigenvalue weighted by Gasteiger charge is 2.22. The van der Waals surface area contributed by atoms with Crippen molar-refractivity contribution < 1.29 is 18.3 Å². The zero-order valence-electron chi connectivity index (χ0n) is 11.7. The fourth-order valence-electron chi connectivity index (χ4n) is 2.10. The predicted molar refractivity (Wildman–Crippen MR) is 79.4 cm³/mol. The van der Waals surface area contributed by atoms with Gasteiger partial charge in [-0.3, -0.25) is 0 Å². The molecule has 21 heavy (non-hydrogen) atoms. The molecule has 0 aliphatic rings. The van der Waals surface area contributed by atoms with Gasteiger partial charge in [0.15, 0.2) is 0 Å². The van der Waals surface area contributed by atoms with Crippen molar-refractivity contribution in [2.45, 2.75) is 20.3 Å². The number of anilines is 1. The van der Waals surface area contributed by atoms with Gasteiger partial charge in [0.2, 0.25) is 0 Å². The van der Waals surface area contributed by atoms with E-state index in [4.69, 9.17) is 10.5 Å². The third-order valence-corrected chi connectivity index (χ3v) is 4.26. The van der Waals surface area contributed by atoms with Gasteiger partial charge in [0.1, 0.15) is 16.5 Å². The molecule has 1 heterocycles. The van der Waals surface area contributed by atoms with Crippen LogP contribution in [0.15, 0.2) is 18.2 Å². The normalized spacial score (nSPS) is 10.7. The molecule has 3 nitrogen and oxygen atoms in total. The van der Waals surface area contributed by atoms with Crippen LogP contribution in [0.25, 0.3) is 10.4 Å². The van der Waals surface area contributed by atoms with Crippen LogP contribution in [0.1, 0.15) is 29.1 Å². The van der Waals surface area contributed by atoms with Crippen LogP contribution in [0.4, 0.5) is 14.5 Å². The fraction of sp³-hybridized carbons (Fsp3) is 0.267. The largest absolute Gasteiger partial charge is 0.462 e. The smallest absolute Gasteiger partial charge is 0.350 e. The zero-order chi connectivity index (χ0) is 15.6. The number of carbonyl (C=O) groups is 1. The lowest BCUT2D eigenvalue weighted by molar-refractivity contribution is 0.0533. The van der Waals surface area contributed by atoms with E-state index < -0.39 is 17.6 Å². The average Bonchev–Trinajstić information content (AvgIpc) is 2.75. The molecule has 0 unspecified atom stereocenters. The van der Waals surface area contributed by atoms with Gasteiger partial charge in [-0.15, -0.1) is 11.3 Å². The van der Waals surface area contributed by atoms with Crippen molar-refractivity contribution in [1.29, 1.82) is 0 Å². The molecule has 6 heteroatoms. The summed E-state index contributed by atoms with van der Waals surface area (Å²) in [7, 11) is 0. The Hall–Kier alpha value is -1.95. The third-order valence-electron chi connectivity index (χ3n) is 2.99. The van der Waals surface area contributed by atoms with Crippen LogP contribution in [0.2, 0.25) is 0 Å². The van der Waals surface area contributed by atoms with Crippen LogP contribution in [0, 0.1) is 11.6 Å². The first-order chi connectivity index (χ1) is 9.97. The maximum Gasteiger partial charge on any atom is 0.350 e. The topological polar surface area (TPSA) is 52.3 Å². The first kappa shape index (κ1) is 15.4. The van der Waals surface area contributed by atoms with E-state index in [2.05, 4.69) is 0 Å². The van der Waals surface area contributed by atoms with Gasteiger partial charge in [-0.1, -0.05) is 6.92 Å². The average molecular weight is 311 g/mol. The summed E-state index contributed by atoms with van der Waals surface area (Å²) in [5.74, 6) is -1.86. The van der Waals surface area contributed by atoms with E-state index >= 15 is 0 Å². The molecule has 0 radical (unpaired) electrons. The number of carbonyl (C=O) groups excluding carboxylic acids is 1. The Bertz CT molecular complexity index is 662. The lowest BCUT2D eigenvalue weighted by Crippen LogP contribution is -2.05. The van der Waals surface area contributed by atoms with Gasteiger partial charge in [0.05, 0.1) is 12.3 Å². The molecular formula is C15H15F2NO2S. The number of benzene rings is 1. The summed E-state index contributed by atoms with van der Waals surface area (Å²) in [4.78, 5) is 12.7. The Labute approximate surface area is 125 Å². The highest BCUT2D eigenvalue weighted by atomic mass is 32.1. The molecule has 2 N–H and O–H groups in total. The van der Waals surface area contributed by atoms with Gasteiger partial charge in [0.25, 0.3) is 0 Å². The van der Waals surface area contributed by atoms with Crippen LogP contribution in [-0.2, 0) is 11.2 Å². The lowest BCUT2D eigenvalue weighted by Gasteiger charge is -2.03. The molecule has 0 atom stereocenters. The van der Waals surface area contributed by atoms with Gasteiger partial charge >= 0.3 is 5.97 Å². The van der Waals surface area contributed by atoms with E-state index in [1.54, 1.807) is 6.92 Å². The first-order valence-corrected chi connectivity index (χ1v) is 7.34. The lowest BCUT2D eigenvalue weighted by atomic mass is 10.1. The summed E-state index contributed by atoms with van der Waals surface area (Å²) >= 11 is 1.10. The van der Waals surface area contributed by atoms with Gasteiger partial charge in [0, 0.05) is 10.9 Å². The Morgan fingerprint density at radius 2 is 1.86 bits per heavy atom. The Morgan fingerprint density at radius 3 is 2.38 bits per heavy atom. The molecule has 0 bridgehead atoms. The summed E-state index contributed by atoms with van der Waals surface area (Å²) in [5.41, 5.74) is 7.38. The number of nitrogens with two attached hydrogens (primary N) is 1. The van der Waals surface area contributed by atoms with E-state index in [0.29, 0.717) is 28.1 Å². The van der Waals surface area contributed by atoms with Gasteiger partial charge in [-0.05, 0) is 36.6 Å². The molecule has 0 spiro atoms. The standard InChI is InChI=1S/C15H15F2NO2S/c1-3-11-12(18)14(15(19)20-4-2)21-13(11)8-5-9(16)7-10(17)6-8/h5-7H,3-4,18H2,1-2H3. The molecule has 1 aromatic heterocycles. The second-order valence-electron chi connectivity index (χ2n) is 4.38. The Balaban J connectivity index is 2.58. The highest BCUT2D eigenvalue weighted by molar-refractivity contribution is 7.18. The number of rotatable bonds is 4. The molecule has 0 aliphatic carbocycles. The number of esters is 1. The summed E-state index contributed by atoms with van der Waals surface area (Å²) in [5, 5.41) is 0. The number of hydrogen-bond donors (Lipinski definition) is 1. The third kappa shape index (κ3) is 3.05. The Morgan fingerprint density at radius 1 is 1.24 bits per heavy atom.